The summed E-state index contributed by atoms with van der Waals surface area (Å²) < 4.78 is 37.7. The molecular weight excluding hydrogens is 241 g/mol. The average Bonchev–Trinajstić information content (AvgIpc) is 2.40. The van der Waals surface area contributed by atoms with Crippen LogP contribution < -0.4 is 0 Å². The van der Waals surface area contributed by atoms with Gasteiger partial charge in [0.05, 0.1) is 5.52 Å². The molecule has 0 radical (unpaired) electrons. The summed E-state index contributed by atoms with van der Waals surface area (Å²) in [5.41, 5.74) is 0.971. The van der Waals surface area contributed by atoms with E-state index in [1.54, 1.807) is 25.1 Å². The van der Waals surface area contributed by atoms with Crippen molar-refractivity contribution in [1.29, 1.82) is 0 Å². The summed E-state index contributed by atoms with van der Waals surface area (Å²) in [4.78, 5) is 0. The molecule has 0 atom stereocenters. The van der Waals surface area contributed by atoms with Crippen LogP contribution in [0.15, 0.2) is 18.2 Å². The van der Waals surface area contributed by atoms with Gasteiger partial charge in [0.1, 0.15) is 6.54 Å². The van der Waals surface area contributed by atoms with Gasteiger partial charge in [0.2, 0.25) is 0 Å². The van der Waals surface area contributed by atoms with Crippen LogP contribution in [0.2, 0.25) is 5.02 Å². The molecule has 86 valence electrons. The molecule has 1 heterocycles. The summed E-state index contributed by atoms with van der Waals surface area (Å²) in [7, 11) is 0. The quantitative estimate of drug-likeness (QED) is 0.755. The molecule has 0 amide bonds. The normalized spacial score (nSPS) is 12.3. The molecule has 2 aromatic rings. The number of fused-ring (bicyclic) bond motifs is 1. The highest BCUT2D eigenvalue weighted by molar-refractivity contribution is 6.31. The van der Waals surface area contributed by atoms with Crippen molar-refractivity contribution in [3.05, 3.63) is 28.9 Å². The first-order valence-electron chi connectivity index (χ1n) is 4.56. The van der Waals surface area contributed by atoms with Crippen molar-refractivity contribution in [2.24, 2.45) is 0 Å². The van der Waals surface area contributed by atoms with Crippen LogP contribution in [0, 0.1) is 6.92 Å². The molecule has 0 saturated heterocycles. The molecule has 0 aliphatic rings. The fraction of sp³-hybridized carbons (Fsp3) is 0.300. The van der Waals surface area contributed by atoms with Gasteiger partial charge in [-0.2, -0.15) is 18.3 Å². The average molecular weight is 249 g/mol. The Bertz CT molecular complexity index is 531. The lowest BCUT2D eigenvalue weighted by Gasteiger charge is -2.07. The fourth-order valence-corrected chi connectivity index (χ4v) is 1.73. The van der Waals surface area contributed by atoms with Crippen molar-refractivity contribution in [1.82, 2.24) is 9.78 Å². The zero-order chi connectivity index (χ0) is 11.9. The first-order valence-corrected chi connectivity index (χ1v) is 4.94. The molecule has 1 aromatic heterocycles. The lowest BCUT2D eigenvalue weighted by Crippen LogP contribution is -2.19. The molecule has 6 heteroatoms. The first-order chi connectivity index (χ1) is 7.37. The minimum atomic E-state index is -4.27. The highest BCUT2D eigenvalue weighted by Crippen LogP contribution is 2.24. The predicted molar refractivity (Wildman–Crippen MR) is 55.5 cm³/mol. The molecule has 0 aliphatic carbocycles. The zero-order valence-electron chi connectivity index (χ0n) is 8.35. The summed E-state index contributed by atoms with van der Waals surface area (Å²) in [6.07, 6.45) is -4.27. The van der Waals surface area contributed by atoms with E-state index in [4.69, 9.17) is 11.6 Å². The van der Waals surface area contributed by atoms with E-state index < -0.39 is 12.7 Å². The van der Waals surface area contributed by atoms with Crippen molar-refractivity contribution in [3.63, 3.8) is 0 Å². The Morgan fingerprint density at radius 1 is 1.38 bits per heavy atom. The third kappa shape index (κ3) is 2.14. The lowest BCUT2D eigenvalue weighted by atomic mass is 10.2. The van der Waals surface area contributed by atoms with Gasteiger partial charge in [-0.05, 0) is 25.1 Å². The molecule has 0 aliphatic heterocycles. The van der Waals surface area contributed by atoms with Crippen LogP contribution in [0.25, 0.3) is 10.9 Å². The van der Waals surface area contributed by atoms with Gasteiger partial charge in [0, 0.05) is 16.1 Å². The molecular formula is C10H8ClF3N2. The number of benzene rings is 1. The summed E-state index contributed by atoms with van der Waals surface area (Å²) in [6, 6.07) is 4.86. The SMILES string of the molecule is Cc1c2ccc(Cl)cc2nn1CC(F)(F)F. The lowest BCUT2D eigenvalue weighted by molar-refractivity contribution is -0.142. The van der Waals surface area contributed by atoms with Gasteiger partial charge in [0.15, 0.2) is 0 Å². The third-order valence-corrected chi connectivity index (χ3v) is 2.53. The highest BCUT2D eigenvalue weighted by atomic mass is 35.5. The van der Waals surface area contributed by atoms with Gasteiger partial charge < -0.3 is 0 Å². The minimum absolute atomic E-state index is 0.462. The number of nitrogens with zero attached hydrogens (tertiary/aromatic N) is 2. The zero-order valence-corrected chi connectivity index (χ0v) is 9.10. The second kappa shape index (κ2) is 3.66. The van der Waals surface area contributed by atoms with Gasteiger partial charge in [-0.3, -0.25) is 4.68 Å². The van der Waals surface area contributed by atoms with E-state index in [1.165, 1.54) is 0 Å². The van der Waals surface area contributed by atoms with E-state index in [2.05, 4.69) is 5.10 Å². The summed E-state index contributed by atoms with van der Waals surface area (Å²) in [5.74, 6) is 0. The molecule has 0 spiro atoms. The van der Waals surface area contributed by atoms with Gasteiger partial charge in [-0.1, -0.05) is 11.6 Å². The number of hydrogen-bond acceptors (Lipinski definition) is 1. The van der Waals surface area contributed by atoms with Crippen molar-refractivity contribution in [3.8, 4) is 0 Å². The summed E-state index contributed by atoms with van der Waals surface area (Å²) in [6.45, 7) is 0.528. The molecule has 0 unspecified atom stereocenters. The van der Waals surface area contributed by atoms with Gasteiger partial charge in [-0.25, -0.2) is 0 Å². The van der Waals surface area contributed by atoms with Gasteiger partial charge in [0.25, 0.3) is 0 Å². The summed E-state index contributed by atoms with van der Waals surface area (Å²) >= 11 is 5.74. The number of rotatable bonds is 1. The van der Waals surface area contributed by atoms with Gasteiger partial charge in [-0.15, -0.1) is 0 Å². The van der Waals surface area contributed by atoms with Crippen molar-refractivity contribution in [2.75, 3.05) is 0 Å². The Kier molecular flexibility index (Phi) is 2.58. The van der Waals surface area contributed by atoms with Crippen LogP contribution in [0.5, 0.6) is 0 Å². The van der Waals surface area contributed by atoms with E-state index in [1.807, 2.05) is 0 Å². The van der Waals surface area contributed by atoms with E-state index in [0.717, 1.165) is 4.68 Å². The van der Waals surface area contributed by atoms with Crippen LogP contribution in [0.3, 0.4) is 0 Å². The molecule has 16 heavy (non-hydrogen) atoms. The number of aromatic nitrogens is 2. The largest absolute Gasteiger partial charge is 0.408 e. The minimum Gasteiger partial charge on any atom is -0.259 e. The Balaban J connectivity index is 2.52. The molecule has 0 fully saturated rings. The molecule has 2 nitrogen and oxygen atoms in total. The maximum Gasteiger partial charge on any atom is 0.408 e. The molecule has 1 aromatic carbocycles. The Hall–Kier alpha value is -1.23. The van der Waals surface area contributed by atoms with E-state index in [0.29, 0.717) is 21.6 Å². The molecule has 0 saturated carbocycles. The topological polar surface area (TPSA) is 17.8 Å². The van der Waals surface area contributed by atoms with E-state index in [9.17, 15) is 13.2 Å². The maximum absolute atomic E-state index is 12.2. The number of hydrogen-bond donors (Lipinski definition) is 0. The van der Waals surface area contributed by atoms with E-state index in [-0.39, 0.29) is 0 Å². The number of halogens is 4. The van der Waals surface area contributed by atoms with Crippen LogP contribution in [-0.2, 0) is 6.54 Å². The highest BCUT2D eigenvalue weighted by Gasteiger charge is 2.29. The van der Waals surface area contributed by atoms with Crippen LogP contribution >= 0.6 is 11.6 Å². The molecule has 2 rings (SSSR count). The summed E-state index contributed by atoms with van der Waals surface area (Å²) in [5, 5.41) is 5.02. The van der Waals surface area contributed by atoms with Crippen LogP contribution in [-0.4, -0.2) is 16.0 Å². The Morgan fingerprint density at radius 3 is 2.69 bits per heavy atom. The standard InChI is InChI=1S/C10H8ClF3N2/c1-6-8-3-2-7(11)4-9(8)15-16(6)5-10(12,13)14/h2-4H,5H2,1H3. The second-order valence-corrected chi connectivity index (χ2v) is 3.96. The maximum atomic E-state index is 12.2. The number of aryl methyl sites for hydroxylation is 1. The molecule has 0 N–H and O–H groups in total. The van der Waals surface area contributed by atoms with Crippen molar-refractivity contribution in [2.45, 2.75) is 19.6 Å². The number of alkyl halides is 3. The van der Waals surface area contributed by atoms with Crippen LogP contribution in [0.4, 0.5) is 13.2 Å². The smallest absolute Gasteiger partial charge is 0.259 e. The van der Waals surface area contributed by atoms with Crippen molar-refractivity contribution < 1.29 is 13.2 Å². The first kappa shape index (κ1) is 11.3. The monoisotopic (exact) mass is 248 g/mol. The van der Waals surface area contributed by atoms with Gasteiger partial charge >= 0.3 is 6.18 Å². The fourth-order valence-electron chi connectivity index (χ4n) is 1.56. The van der Waals surface area contributed by atoms with E-state index >= 15 is 0 Å². The Morgan fingerprint density at radius 2 is 2.06 bits per heavy atom. The predicted octanol–water partition coefficient (Wildman–Crippen LogP) is 3.56. The third-order valence-electron chi connectivity index (χ3n) is 2.29. The Labute approximate surface area is 94.6 Å². The second-order valence-electron chi connectivity index (χ2n) is 3.52. The van der Waals surface area contributed by atoms with Crippen molar-refractivity contribution >= 4 is 22.5 Å². The molecule has 0 bridgehead atoms. The van der Waals surface area contributed by atoms with Crippen LogP contribution in [0.1, 0.15) is 5.69 Å².